The molecule has 2 heterocycles. The maximum atomic E-state index is 13.6. The third-order valence-corrected chi connectivity index (χ3v) is 8.22. The second-order valence-electron chi connectivity index (χ2n) is 11.9. The summed E-state index contributed by atoms with van der Waals surface area (Å²) in [6.45, 7) is 8.24. The van der Waals surface area contributed by atoms with E-state index in [0.29, 0.717) is 25.7 Å². The van der Waals surface area contributed by atoms with Crippen LogP contribution in [0, 0.1) is 23.7 Å². The molecular formula is C34H42N2O6. The van der Waals surface area contributed by atoms with Crippen molar-refractivity contribution in [2.45, 2.75) is 65.5 Å². The number of ether oxygens (including phenoxy) is 2. The van der Waals surface area contributed by atoms with E-state index in [9.17, 15) is 19.2 Å². The minimum atomic E-state index is -0.594. The molecule has 2 saturated heterocycles. The highest BCUT2D eigenvalue weighted by Crippen LogP contribution is 2.28. The van der Waals surface area contributed by atoms with E-state index in [1.54, 1.807) is 0 Å². The Hall–Kier alpha value is -3.94. The van der Waals surface area contributed by atoms with Gasteiger partial charge in [-0.05, 0) is 48.6 Å². The Bertz CT molecular complexity index is 1160. The first-order valence-electron chi connectivity index (χ1n) is 14.9. The Morgan fingerprint density at radius 2 is 1.05 bits per heavy atom. The molecule has 8 heteroatoms. The molecule has 0 radical (unpaired) electrons. The quantitative estimate of drug-likeness (QED) is 0.287. The Labute approximate surface area is 248 Å². The molecule has 2 fully saturated rings. The van der Waals surface area contributed by atoms with E-state index < -0.39 is 24.0 Å². The molecule has 224 valence electrons. The zero-order valence-electron chi connectivity index (χ0n) is 25.0. The summed E-state index contributed by atoms with van der Waals surface area (Å²) in [5.74, 6) is -1.32. The van der Waals surface area contributed by atoms with E-state index in [2.05, 4.69) is 0 Å². The van der Waals surface area contributed by atoms with E-state index in [1.807, 2.05) is 101 Å². The van der Waals surface area contributed by atoms with E-state index in [-0.39, 0.29) is 48.9 Å². The number of hydrogen-bond donors (Lipinski definition) is 0. The predicted molar refractivity (Wildman–Crippen MR) is 159 cm³/mol. The topological polar surface area (TPSA) is 93.2 Å². The molecule has 2 aromatic rings. The summed E-state index contributed by atoms with van der Waals surface area (Å²) in [4.78, 5) is 55.0. The number of allylic oxidation sites excluding steroid dienone is 2. The number of rotatable bonds is 12. The van der Waals surface area contributed by atoms with Gasteiger partial charge in [0.2, 0.25) is 11.8 Å². The van der Waals surface area contributed by atoms with Crippen LogP contribution in [0.5, 0.6) is 0 Å². The van der Waals surface area contributed by atoms with Crippen LogP contribution in [0.25, 0.3) is 0 Å². The second kappa shape index (κ2) is 14.3. The highest BCUT2D eigenvalue weighted by molar-refractivity contribution is 5.95. The Morgan fingerprint density at radius 3 is 1.38 bits per heavy atom. The molecule has 0 aromatic heterocycles. The molecular weight excluding hydrogens is 532 g/mol. The smallest absolute Gasteiger partial charge is 0.416 e. The van der Waals surface area contributed by atoms with E-state index >= 15 is 0 Å². The van der Waals surface area contributed by atoms with Gasteiger partial charge < -0.3 is 9.47 Å². The Balaban J connectivity index is 1.40. The van der Waals surface area contributed by atoms with Gasteiger partial charge in [-0.15, -0.1) is 0 Å². The van der Waals surface area contributed by atoms with Crippen LogP contribution in [-0.4, -0.2) is 59.1 Å². The van der Waals surface area contributed by atoms with Crippen LogP contribution >= 0.6 is 0 Å². The highest BCUT2D eigenvalue weighted by Gasteiger charge is 2.42. The molecule has 4 amide bonds. The van der Waals surface area contributed by atoms with Crippen molar-refractivity contribution in [1.29, 1.82) is 0 Å². The summed E-state index contributed by atoms with van der Waals surface area (Å²) in [5, 5.41) is 0. The monoisotopic (exact) mass is 574 g/mol. The second-order valence-corrected chi connectivity index (χ2v) is 11.9. The molecule has 0 aliphatic carbocycles. The van der Waals surface area contributed by atoms with Gasteiger partial charge in [0.25, 0.3) is 0 Å². The molecule has 4 atom stereocenters. The summed E-state index contributed by atoms with van der Waals surface area (Å²) in [5.41, 5.74) is 2.08. The van der Waals surface area contributed by atoms with Gasteiger partial charge in [-0.3, -0.25) is 9.59 Å². The van der Waals surface area contributed by atoms with Crippen LogP contribution in [-0.2, 0) is 31.9 Å². The lowest BCUT2D eigenvalue weighted by atomic mass is 9.88. The first kappa shape index (κ1) is 31.0. The van der Waals surface area contributed by atoms with E-state index in [4.69, 9.17) is 9.47 Å². The number of cyclic esters (lactones) is 2. The summed E-state index contributed by atoms with van der Waals surface area (Å²) >= 11 is 0. The highest BCUT2D eigenvalue weighted by atomic mass is 16.6. The van der Waals surface area contributed by atoms with Gasteiger partial charge in [-0.25, -0.2) is 19.4 Å². The molecule has 0 N–H and O–H groups in total. The molecule has 42 heavy (non-hydrogen) atoms. The van der Waals surface area contributed by atoms with Gasteiger partial charge in [0, 0.05) is 11.8 Å². The predicted octanol–water partition coefficient (Wildman–Crippen LogP) is 6.05. The van der Waals surface area contributed by atoms with Gasteiger partial charge in [0.15, 0.2) is 0 Å². The van der Waals surface area contributed by atoms with Crippen molar-refractivity contribution in [2.75, 3.05) is 13.2 Å². The van der Waals surface area contributed by atoms with E-state index in [0.717, 1.165) is 11.1 Å². The third-order valence-electron chi connectivity index (χ3n) is 8.22. The van der Waals surface area contributed by atoms with Gasteiger partial charge >= 0.3 is 12.2 Å². The number of amides is 4. The maximum absolute atomic E-state index is 13.6. The zero-order chi connectivity index (χ0) is 30.2. The van der Waals surface area contributed by atoms with Crippen molar-refractivity contribution in [1.82, 2.24) is 9.80 Å². The summed E-state index contributed by atoms with van der Waals surface area (Å²) in [7, 11) is 0. The number of nitrogens with zero attached hydrogens (tertiary/aromatic N) is 2. The third kappa shape index (κ3) is 7.46. The standard InChI is InChI=1S/C34H42N2O6/c1-23(2)29(31(37)35-27(21-41-33(35)39)19-25-13-7-5-8-14-25)17-11-12-18-30(24(3)4)32(38)36-28(22-42-34(36)40)20-26-15-9-6-10-16-26/h5-16,23-24,27-30H,17-22H2,1-4H3/b12-11+/t27-,28-,29-,30-/m0/s1. The number of benzene rings is 2. The maximum Gasteiger partial charge on any atom is 0.416 e. The molecule has 0 saturated carbocycles. The van der Waals surface area contributed by atoms with Crippen LogP contribution in [0.1, 0.15) is 51.7 Å². The number of carbonyl (C=O) groups excluding carboxylic acids is 4. The van der Waals surface area contributed by atoms with Crippen molar-refractivity contribution < 1.29 is 28.7 Å². The summed E-state index contributed by atoms with van der Waals surface area (Å²) < 4.78 is 10.6. The minimum Gasteiger partial charge on any atom is -0.447 e. The van der Waals surface area contributed by atoms with Crippen LogP contribution in [0.15, 0.2) is 72.8 Å². The molecule has 0 bridgehead atoms. The van der Waals surface area contributed by atoms with Crippen molar-refractivity contribution >= 4 is 24.0 Å². The first-order chi connectivity index (χ1) is 20.2. The molecule has 4 rings (SSSR count). The number of imide groups is 2. The molecule has 0 spiro atoms. The summed E-state index contributed by atoms with van der Waals surface area (Å²) in [6.07, 6.45) is 4.60. The fourth-order valence-corrected chi connectivity index (χ4v) is 5.69. The lowest BCUT2D eigenvalue weighted by molar-refractivity contribution is -0.135. The van der Waals surface area contributed by atoms with Crippen molar-refractivity contribution in [3.8, 4) is 0 Å². The Morgan fingerprint density at radius 1 is 0.690 bits per heavy atom. The average molecular weight is 575 g/mol. The van der Waals surface area contributed by atoms with Crippen molar-refractivity contribution in [2.24, 2.45) is 23.7 Å². The fraction of sp³-hybridized carbons (Fsp3) is 0.471. The molecule has 0 unspecified atom stereocenters. The van der Waals surface area contributed by atoms with Crippen molar-refractivity contribution in [3.05, 3.63) is 83.9 Å². The van der Waals surface area contributed by atoms with Gasteiger partial charge in [-0.2, -0.15) is 0 Å². The lowest BCUT2D eigenvalue weighted by Gasteiger charge is -2.27. The largest absolute Gasteiger partial charge is 0.447 e. The zero-order valence-corrected chi connectivity index (χ0v) is 25.0. The van der Waals surface area contributed by atoms with Crippen LogP contribution < -0.4 is 0 Å². The molecule has 8 nitrogen and oxygen atoms in total. The van der Waals surface area contributed by atoms with Crippen LogP contribution in [0.3, 0.4) is 0 Å². The van der Waals surface area contributed by atoms with E-state index in [1.165, 1.54) is 9.80 Å². The minimum absolute atomic E-state index is 0.00596. The average Bonchev–Trinajstić information content (AvgIpc) is 3.51. The van der Waals surface area contributed by atoms with Crippen molar-refractivity contribution in [3.63, 3.8) is 0 Å². The van der Waals surface area contributed by atoms with Crippen LogP contribution in [0.2, 0.25) is 0 Å². The van der Waals surface area contributed by atoms with Gasteiger partial charge in [0.05, 0.1) is 12.1 Å². The Kier molecular flexibility index (Phi) is 10.6. The van der Waals surface area contributed by atoms with Gasteiger partial charge in [0.1, 0.15) is 13.2 Å². The fourth-order valence-electron chi connectivity index (χ4n) is 5.69. The molecule has 2 aliphatic heterocycles. The molecule has 2 aromatic carbocycles. The molecule has 2 aliphatic rings. The normalized spacial score (nSPS) is 20.3. The SMILES string of the molecule is CC(C)[C@H](C/C=C/C[C@H](C(=O)N1C(=O)OC[C@@H]1Cc1ccccc1)C(C)C)C(=O)N1C(=O)OC[C@@H]1Cc1ccccc1. The van der Waals surface area contributed by atoms with Crippen LogP contribution in [0.4, 0.5) is 9.59 Å². The lowest BCUT2D eigenvalue weighted by Crippen LogP contribution is -2.45. The first-order valence-corrected chi connectivity index (χ1v) is 14.9. The number of carbonyl (C=O) groups is 4. The summed E-state index contributed by atoms with van der Waals surface area (Å²) in [6, 6.07) is 18.8. The van der Waals surface area contributed by atoms with Gasteiger partial charge in [-0.1, -0.05) is 101 Å². The number of hydrogen-bond acceptors (Lipinski definition) is 6.